The van der Waals surface area contributed by atoms with Crippen LogP contribution in [0.2, 0.25) is 0 Å². The molecule has 144 valence electrons. The molecule has 0 bridgehead atoms. The first-order valence-corrected chi connectivity index (χ1v) is 9.79. The number of aliphatic imine (C=N–C) groups is 1. The van der Waals surface area contributed by atoms with E-state index in [4.69, 9.17) is 9.47 Å². The lowest BCUT2D eigenvalue weighted by Gasteiger charge is -2.23. The highest BCUT2D eigenvalue weighted by atomic mass is 16.5. The molecule has 0 spiro atoms. The molecule has 1 atom stereocenters. The highest BCUT2D eigenvalue weighted by molar-refractivity contribution is 5.80. The monoisotopic (exact) mass is 354 g/mol. The van der Waals surface area contributed by atoms with Gasteiger partial charge in [0.2, 0.25) is 5.91 Å². The molecule has 7 heteroatoms. The van der Waals surface area contributed by atoms with Crippen molar-refractivity contribution in [1.29, 1.82) is 0 Å². The standard InChI is InChI=1S/C18H34N4O3/c1-2-19-18(22-11-5-12-25-16-8-13-24-14-16)21-10-4-9-20-17(23)15-6-3-7-15/h15-16H,2-14H2,1H3,(H,20,23)(H2,19,21,22). The van der Waals surface area contributed by atoms with Crippen LogP contribution in [0.5, 0.6) is 0 Å². The van der Waals surface area contributed by atoms with Gasteiger partial charge in [-0.1, -0.05) is 6.42 Å². The van der Waals surface area contributed by atoms with Crippen LogP contribution in [0.25, 0.3) is 0 Å². The van der Waals surface area contributed by atoms with E-state index in [0.717, 1.165) is 71.0 Å². The van der Waals surface area contributed by atoms with Gasteiger partial charge in [0.25, 0.3) is 0 Å². The van der Waals surface area contributed by atoms with Crippen molar-refractivity contribution in [2.45, 2.75) is 51.6 Å². The van der Waals surface area contributed by atoms with Gasteiger partial charge in [-0.2, -0.15) is 0 Å². The minimum atomic E-state index is 0.216. The van der Waals surface area contributed by atoms with E-state index < -0.39 is 0 Å². The molecule has 2 rings (SSSR count). The Morgan fingerprint density at radius 2 is 2.00 bits per heavy atom. The summed E-state index contributed by atoms with van der Waals surface area (Å²) >= 11 is 0. The third-order valence-electron chi connectivity index (χ3n) is 4.58. The van der Waals surface area contributed by atoms with Crippen molar-refractivity contribution in [2.24, 2.45) is 10.9 Å². The smallest absolute Gasteiger partial charge is 0.223 e. The van der Waals surface area contributed by atoms with Crippen LogP contribution in [-0.2, 0) is 14.3 Å². The molecule has 0 aromatic carbocycles. The van der Waals surface area contributed by atoms with E-state index in [2.05, 4.69) is 27.9 Å². The predicted molar refractivity (Wildman–Crippen MR) is 98.7 cm³/mol. The van der Waals surface area contributed by atoms with Crippen molar-refractivity contribution in [3.8, 4) is 0 Å². The molecular formula is C18H34N4O3. The summed E-state index contributed by atoms with van der Waals surface area (Å²) in [7, 11) is 0. The minimum Gasteiger partial charge on any atom is -0.379 e. The zero-order valence-electron chi connectivity index (χ0n) is 15.5. The van der Waals surface area contributed by atoms with E-state index >= 15 is 0 Å². The summed E-state index contributed by atoms with van der Waals surface area (Å²) in [5.74, 6) is 1.31. The van der Waals surface area contributed by atoms with Crippen LogP contribution in [-0.4, -0.2) is 64.0 Å². The molecular weight excluding hydrogens is 320 g/mol. The zero-order chi connectivity index (χ0) is 17.7. The third kappa shape index (κ3) is 8.05. The first-order valence-electron chi connectivity index (χ1n) is 9.79. The van der Waals surface area contributed by atoms with Gasteiger partial charge in [-0.25, -0.2) is 0 Å². The topological polar surface area (TPSA) is 84.0 Å². The summed E-state index contributed by atoms with van der Waals surface area (Å²) in [6, 6.07) is 0. The van der Waals surface area contributed by atoms with Gasteiger partial charge in [0, 0.05) is 45.3 Å². The minimum absolute atomic E-state index is 0.216. The van der Waals surface area contributed by atoms with Crippen molar-refractivity contribution in [2.75, 3.05) is 46.0 Å². The number of carbonyl (C=O) groups excluding carboxylic acids is 1. The number of nitrogens with zero attached hydrogens (tertiary/aromatic N) is 1. The molecule has 3 N–H and O–H groups in total. The first kappa shape index (κ1) is 20.0. The lowest BCUT2D eigenvalue weighted by molar-refractivity contribution is -0.127. The van der Waals surface area contributed by atoms with Crippen molar-refractivity contribution in [1.82, 2.24) is 16.0 Å². The summed E-state index contributed by atoms with van der Waals surface area (Å²) < 4.78 is 11.0. The van der Waals surface area contributed by atoms with Crippen LogP contribution in [0.4, 0.5) is 0 Å². The summed E-state index contributed by atoms with van der Waals surface area (Å²) in [6.07, 6.45) is 6.38. The fourth-order valence-electron chi connectivity index (χ4n) is 2.81. The number of hydrogen-bond acceptors (Lipinski definition) is 4. The second-order valence-electron chi connectivity index (χ2n) is 6.67. The molecule has 1 aliphatic carbocycles. The summed E-state index contributed by atoms with van der Waals surface area (Å²) in [5, 5.41) is 9.57. The zero-order valence-corrected chi connectivity index (χ0v) is 15.5. The predicted octanol–water partition coefficient (Wildman–Crippen LogP) is 1.04. The van der Waals surface area contributed by atoms with Crippen LogP contribution >= 0.6 is 0 Å². The van der Waals surface area contributed by atoms with Gasteiger partial charge in [0.1, 0.15) is 0 Å². The molecule has 1 aliphatic heterocycles. The van der Waals surface area contributed by atoms with Gasteiger partial charge in [0.15, 0.2) is 5.96 Å². The quantitative estimate of drug-likeness (QED) is 0.293. The lowest BCUT2D eigenvalue weighted by Crippen LogP contribution is -2.38. The largest absolute Gasteiger partial charge is 0.379 e. The second kappa shape index (κ2) is 12.1. The van der Waals surface area contributed by atoms with Crippen LogP contribution in [0.15, 0.2) is 4.99 Å². The fraction of sp³-hybridized carbons (Fsp3) is 0.889. The van der Waals surface area contributed by atoms with E-state index in [1.807, 2.05) is 0 Å². The number of hydrogen-bond donors (Lipinski definition) is 3. The Hall–Kier alpha value is -1.34. The Bertz CT molecular complexity index is 407. The van der Waals surface area contributed by atoms with Gasteiger partial charge in [-0.3, -0.25) is 9.79 Å². The maximum Gasteiger partial charge on any atom is 0.223 e. The molecule has 2 fully saturated rings. The van der Waals surface area contributed by atoms with E-state index in [9.17, 15) is 4.79 Å². The molecule has 7 nitrogen and oxygen atoms in total. The Balaban J connectivity index is 1.50. The van der Waals surface area contributed by atoms with Crippen molar-refractivity contribution < 1.29 is 14.3 Å². The Labute approximate surface area is 151 Å². The molecule has 0 aromatic rings. The molecule has 2 aliphatic rings. The average molecular weight is 354 g/mol. The molecule has 1 unspecified atom stereocenters. The molecule has 1 saturated carbocycles. The maximum atomic E-state index is 11.7. The van der Waals surface area contributed by atoms with Gasteiger partial charge >= 0.3 is 0 Å². The number of nitrogens with one attached hydrogen (secondary N) is 3. The van der Waals surface area contributed by atoms with Gasteiger partial charge in [-0.05, 0) is 39.0 Å². The van der Waals surface area contributed by atoms with E-state index in [1.54, 1.807) is 0 Å². The fourth-order valence-corrected chi connectivity index (χ4v) is 2.81. The number of guanidine groups is 1. The van der Waals surface area contributed by atoms with Gasteiger partial charge in [-0.15, -0.1) is 0 Å². The lowest BCUT2D eigenvalue weighted by atomic mass is 9.85. The first-order chi connectivity index (χ1) is 12.3. The molecule has 25 heavy (non-hydrogen) atoms. The van der Waals surface area contributed by atoms with E-state index in [0.29, 0.717) is 13.1 Å². The third-order valence-corrected chi connectivity index (χ3v) is 4.58. The maximum absolute atomic E-state index is 11.7. The summed E-state index contributed by atoms with van der Waals surface area (Å²) in [5.41, 5.74) is 0. The van der Waals surface area contributed by atoms with Crippen LogP contribution < -0.4 is 16.0 Å². The van der Waals surface area contributed by atoms with E-state index in [-0.39, 0.29) is 17.9 Å². The SMILES string of the molecule is CCNC(=NCCCNC(=O)C1CCC1)NCCCOC1CCOC1. The van der Waals surface area contributed by atoms with Crippen LogP contribution in [0, 0.1) is 5.92 Å². The Morgan fingerprint density at radius 1 is 1.16 bits per heavy atom. The molecule has 0 aromatic heterocycles. The van der Waals surface area contributed by atoms with Crippen molar-refractivity contribution in [3.05, 3.63) is 0 Å². The molecule has 1 amide bonds. The van der Waals surface area contributed by atoms with Crippen molar-refractivity contribution >= 4 is 11.9 Å². The highest BCUT2D eigenvalue weighted by Crippen LogP contribution is 2.25. The van der Waals surface area contributed by atoms with Gasteiger partial charge < -0.3 is 25.4 Å². The summed E-state index contributed by atoms with van der Waals surface area (Å²) in [6.45, 7) is 7.42. The second-order valence-corrected chi connectivity index (χ2v) is 6.67. The van der Waals surface area contributed by atoms with Crippen LogP contribution in [0.1, 0.15) is 45.4 Å². The molecule has 0 radical (unpaired) electrons. The number of rotatable bonds is 11. The Kier molecular flexibility index (Phi) is 9.66. The highest BCUT2D eigenvalue weighted by Gasteiger charge is 2.24. The number of amides is 1. The van der Waals surface area contributed by atoms with Gasteiger partial charge in [0.05, 0.1) is 12.7 Å². The summed E-state index contributed by atoms with van der Waals surface area (Å²) in [4.78, 5) is 16.3. The number of carbonyl (C=O) groups is 1. The molecule has 1 heterocycles. The van der Waals surface area contributed by atoms with Crippen molar-refractivity contribution in [3.63, 3.8) is 0 Å². The normalized spacial score (nSPS) is 21.0. The Morgan fingerprint density at radius 3 is 2.68 bits per heavy atom. The van der Waals surface area contributed by atoms with Crippen LogP contribution in [0.3, 0.4) is 0 Å². The van der Waals surface area contributed by atoms with E-state index in [1.165, 1.54) is 6.42 Å². The number of ether oxygens (including phenoxy) is 2. The molecule has 1 saturated heterocycles. The average Bonchev–Trinajstić information content (AvgIpc) is 3.05.